The summed E-state index contributed by atoms with van der Waals surface area (Å²) < 4.78 is 36.9. The summed E-state index contributed by atoms with van der Waals surface area (Å²) in [5, 5.41) is 85.2. The van der Waals surface area contributed by atoms with Crippen LogP contribution in [-0.4, -0.2) is 114 Å². The summed E-state index contributed by atoms with van der Waals surface area (Å²) >= 11 is 0. The minimum absolute atomic E-state index is 0.00702. The standard InChI is InChI=1S/C41H47N3O4.C40H41N3O4.C36H39N3O4/c1-5-9-12-26(7-3)24-47-31-22-34(45)38(35(46)23-31)40-42-39(43-41(44-40)48-25-27(8-4)13-10-6-2)33-21-19-30-17-16-28-14-11-15-29-18-20-32(33)37(30)36(28)29;1-3-5-12-25(4-2)24-46-28-21-35(44)37(36(45)22-28)39-41-38(42-40(43-39)47-27-14-7-8-15-27)34-23-33-29-16-9-6-13-26(29)19-20-32(33)30-17-10-11-18-31(30)34;1-3-5-10-23(4-2)22-42-30-20-31(40)33(32(41)21-30)35-37-34(38-36(39-35)43-29-13-8-9-14-29)27-16-15-26-17-24-11-6-7-12-25(24)18-28(26)19-27/h11,14-23,26-27,45-46H,5-10,12-13,24-25H2,1-4H3;6,9-11,13,16-23,25,27,44-45H,3-5,7-8,12,14-15,24H2,1-2H3;6-7,11-12,15-21,23,29,40-41H,3-5,8-10,13-14,22H2,1-2H3. The Labute approximate surface area is 807 Å². The molecule has 21 heteroatoms. The average molecular weight is 1850 g/mol. The molecular formula is C117H127N9O12. The molecule has 0 aliphatic heterocycles. The lowest BCUT2D eigenvalue weighted by Gasteiger charge is -2.18. The minimum Gasteiger partial charge on any atom is -0.507 e. The van der Waals surface area contributed by atoms with E-state index >= 15 is 0 Å². The molecular weight excluding hydrogens is 1720 g/mol. The van der Waals surface area contributed by atoms with E-state index in [-0.39, 0.29) is 98.9 Å². The van der Waals surface area contributed by atoms with Crippen LogP contribution in [0.2, 0.25) is 0 Å². The second-order valence-corrected chi connectivity index (χ2v) is 37.3. The molecule has 17 aromatic rings. The van der Waals surface area contributed by atoms with E-state index in [1.54, 1.807) is 0 Å². The molecule has 3 heterocycles. The van der Waals surface area contributed by atoms with Gasteiger partial charge in [0.15, 0.2) is 34.9 Å². The molecule has 0 bridgehead atoms. The SMILES string of the molecule is CCCCC(CC)COc1cc(O)c(-c2nc(OC3CCCC3)nc(-c3cc4c5ccccc5ccc4c4ccccc34)n2)c(O)c1.CCCCC(CC)COc1cc(O)c(-c2nc(OC3CCCC3)nc(-c3ccc4cc5ccccc5cc4c3)n2)c(O)c1.CCCCC(CC)COc1cc(O)c(-c2nc(OCC(CC)CCCC)nc(-c3ccc4ccc5cccc6ccc3c4c56)n2)c(O)c1. The van der Waals surface area contributed by atoms with Crippen LogP contribution >= 0.6 is 0 Å². The topological polar surface area (TPSA) is 293 Å². The zero-order valence-electron chi connectivity index (χ0n) is 80.6. The number of benzene rings is 14. The first-order chi connectivity index (χ1) is 67.4. The van der Waals surface area contributed by atoms with Crippen molar-refractivity contribution in [1.29, 1.82) is 0 Å². The fraction of sp³-hybridized carbons (Fsp3) is 0.359. The van der Waals surface area contributed by atoms with Gasteiger partial charge in [0.1, 0.15) is 80.6 Å². The van der Waals surface area contributed by atoms with E-state index in [4.69, 9.17) is 53.3 Å². The molecule has 21 nitrogen and oxygen atoms in total. The average Bonchev–Trinajstić information content (AvgIpc) is 0.952. The molecule has 2 aliphatic rings. The van der Waals surface area contributed by atoms with E-state index in [1.165, 1.54) is 57.9 Å². The van der Waals surface area contributed by atoms with Gasteiger partial charge in [0.05, 0.1) is 26.4 Å². The number of phenolic OH excluding ortho intramolecular Hbond substituents is 6. The molecule has 0 amide bonds. The maximum absolute atomic E-state index is 11.3. The van der Waals surface area contributed by atoms with E-state index in [0.717, 1.165) is 235 Å². The third-order valence-electron chi connectivity index (χ3n) is 27.7. The Bertz CT molecular complexity index is 7020. The van der Waals surface area contributed by atoms with Crippen molar-refractivity contribution in [3.63, 3.8) is 0 Å². The Morgan fingerprint density at radius 1 is 0.268 bits per heavy atom. The lowest BCUT2D eigenvalue weighted by atomic mass is 9.92. The zero-order valence-corrected chi connectivity index (χ0v) is 80.6. The fourth-order valence-corrected chi connectivity index (χ4v) is 19.4. The lowest BCUT2D eigenvalue weighted by Crippen LogP contribution is -2.14. The summed E-state index contributed by atoms with van der Waals surface area (Å²) in [6, 6.07) is 70.5. The van der Waals surface area contributed by atoms with Crippen molar-refractivity contribution in [2.24, 2.45) is 23.7 Å². The first kappa shape index (κ1) is 95.8. The zero-order chi connectivity index (χ0) is 95.7. The normalized spacial score (nSPS) is 13.9. The molecule has 138 heavy (non-hydrogen) atoms. The molecule has 712 valence electrons. The molecule has 4 unspecified atom stereocenters. The first-order valence-corrected chi connectivity index (χ1v) is 50.2. The van der Waals surface area contributed by atoms with Gasteiger partial charge in [-0.15, -0.1) is 0 Å². The summed E-state index contributed by atoms with van der Waals surface area (Å²) in [6.07, 6.45) is 25.6. The van der Waals surface area contributed by atoms with Crippen molar-refractivity contribution in [3.05, 3.63) is 212 Å². The number of nitrogens with zero attached hydrogens (tertiary/aromatic N) is 9. The third-order valence-corrected chi connectivity index (χ3v) is 27.7. The van der Waals surface area contributed by atoms with E-state index < -0.39 is 0 Å². The highest BCUT2D eigenvalue weighted by atomic mass is 16.5. The molecule has 0 radical (unpaired) electrons. The summed E-state index contributed by atoms with van der Waals surface area (Å²) in [7, 11) is 0. The Balaban J connectivity index is 0.000000143. The summed E-state index contributed by atoms with van der Waals surface area (Å²) in [5.41, 5.74) is 2.79. The summed E-state index contributed by atoms with van der Waals surface area (Å²) in [4.78, 5) is 42.7. The number of fused-ring (bicyclic) bond motifs is 7. The quantitative estimate of drug-likeness (QED) is 0.0155. The third kappa shape index (κ3) is 22.2. The van der Waals surface area contributed by atoms with Gasteiger partial charge in [0.25, 0.3) is 0 Å². The predicted octanol–water partition coefficient (Wildman–Crippen LogP) is 29.5. The van der Waals surface area contributed by atoms with Gasteiger partial charge in [-0.3, -0.25) is 0 Å². The highest BCUT2D eigenvalue weighted by Gasteiger charge is 2.30. The molecule has 2 fully saturated rings. The molecule has 19 rings (SSSR count). The molecule has 6 N–H and O–H groups in total. The Morgan fingerprint density at radius 2 is 0.616 bits per heavy atom. The van der Waals surface area contributed by atoms with Gasteiger partial charge in [0, 0.05) is 53.1 Å². The Morgan fingerprint density at radius 3 is 1.10 bits per heavy atom. The Kier molecular flexibility index (Phi) is 31.2. The number of ether oxygens (including phenoxy) is 6. The van der Waals surface area contributed by atoms with E-state index in [9.17, 15) is 30.6 Å². The number of hydrogen-bond donors (Lipinski definition) is 6. The van der Waals surface area contributed by atoms with Crippen LogP contribution < -0.4 is 28.4 Å². The molecule has 14 aromatic carbocycles. The lowest BCUT2D eigenvalue weighted by molar-refractivity contribution is 0.192. The fourth-order valence-electron chi connectivity index (χ4n) is 19.4. The largest absolute Gasteiger partial charge is 0.507 e. The molecule has 3 aromatic heterocycles. The first-order valence-electron chi connectivity index (χ1n) is 50.2. The minimum atomic E-state index is -0.167. The van der Waals surface area contributed by atoms with Gasteiger partial charge >= 0.3 is 18.0 Å². The maximum atomic E-state index is 11.3. The van der Waals surface area contributed by atoms with E-state index in [0.29, 0.717) is 84.8 Å². The van der Waals surface area contributed by atoms with Crippen LogP contribution in [-0.2, 0) is 0 Å². The highest BCUT2D eigenvalue weighted by molar-refractivity contribution is 6.25. The van der Waals surface area contributed by atoms with E-state index in [2.05, 4.69) is 209 Å². The van der Waals surface area contributed by atoms with Crippen LogP contribution in [0.3, 0.4) is 0 Å². The van der Waals surface area contributed by atoms with Crippen molar-refractivity contribution in [2.75, 3.05) is 26.4 Å². The summed E-state index contributed by atoms with van der Waals surface area (Å²) in [6.45, 7) is 19.4. The van der Waals surface area contributed by atoms with Crippen LogP contribution in [0.15, 0.2) is 212 Å². The number of aromatic nitrogens is 9. The second kappa shape index (κ2) is 44.9. The van der Waals surface area contributed by atoms with Gasteiger partial charge in [-0.2, -0.15) is 29.9 Å². The van der Waals surface area contributed by atoms with Crippen LogP contribution in [0.5, 0.6) is 69.8 Å². The number of aromatic hydroxyl groups is 6. The number of phenols is 6. The van der Waals surface area contributed by atoms with Crippen molar-refractivity contribution in [3.8, 4) is 138 Å². The number of unbranched alkanes of at least 4 members (excludes halogenated alkanes) is 4. The monoisotopic (exact) mass is 1850 g/mol. The predicted molar refractivity (Wildman–Crippen MR) is 554 cm³/mol. The van der Waals surface area contributed by atoms with Crippen LogP contribution in [0.25, 0.3) is 155 Å². The van der Waals surface area contributed by atoms with Gasteiger partial charge < -0.3 is 59.1 Å². The number of rotatable bonds is 38. The molecule has 4 atom stereocenters. The van der Waals surface area contributed by atoms with Gasteiger partial charge in [-0.25, -0.2) is 15.0 Å². The molecule has 2 saturated carbocycles. The molecule has 2 aliphatic carbocycles. The van der Waals surface area contributed by atoms with Crippen molar-refractivity contribution >= 4 is 86.2 Å². The smallest absolute Gasteiger partial charge is 0.320 e. The van der Waals surface area contributed by atoms with Crippen molar-refractivity contribution in [2.45, 2.75) is 222 Å². The van der Waals surface area contributed by atoms with E-state index in [1.807, 2.05) is 42.5 Å². The molecule has 0 spiro atoms. The van der Waals surface area contributed by atoms with Crippen LogP contribution in [0.4, 0.5) is 0 Å². The maximum Gasteiger partial charge on any atom is 0.320 e. The van der Waals surface area contributed by atoms with Gasteiger partial charge in [-0.05, 0) is 217 Å². The van der Waals surface area contributed by atoms with Crippen LogP contribution in [0.1, 0.15) is 209 Å². The molecule has 0 saturated heterocycles. The van der Waals surface area contributed by atoms with Gasteiger partial charge in [-0.1, -0.05) is 278 Å². The number of hydrogen-bond acceptors (Lipinski definition) is 21. The van der Waals surface area contributed by atoms with Crippen LogP contribution in [0, 0.1) is 23.7 Å². The highest BCUT2D eigenvalue weighted by Crippen LogP contribution is 2.48. The Hall–Kier alpha value is -14.0. The van der Waals surface area contributed by atoms with Crippen molar-refractivity contribution in [1.82, 2.24) is 44.9 Å². The summed E-state index contributed by atoms with van der Waals surface area (Å²) in [5.74, 6) is 3.50. The van der Waals surface area contributed by atoms with Crippen molar-refractivity contribution < 1.29 is 59.1 Å². The van der Waals surface area contributed by atoms with Gasteiger partial charge in [0.2, 0.25) is 0 Å². The second-order valence-electron chi connectivity index (χ2n) is 37.3.